The Balaban J connectivity index is 1.35. The van der Waals surface area contributed by atoms with E-state index in [0.29, 0.717) is 52.3 Å². The molecule has 5 rings (SSSR count). The lowest BCUT2D eigenvalue weighted by Crippen LogP contribution is -2.29. The smallest absolute Gasteiger partial charge is 0.276 e. The molecule has 2 N–H and O–H groups in total. The van der Waals surface area contributed by atoms with Crippen molar-refractivity contribution >= 4 is 28.3 Å². The minimum Gasteiger partial charge on any atom is -0.319 e. The molecule has 1 saturated heterocycles. The summed E-state index contributed by atoms with van der Waals surface area (Å²) >= 11 is 0. The zero-order valence-electron chi connectivity index (χ0n) is 23.5. The Morgan fingerprint density at radius 2 is 1.80 bits per heavy atom. The molecule has 3 heterocycles. The molecule has 41 heavy (non-hydrogen) atoms. The Bertz CT molecular complexity index is 1540. The van der Waals surface area contributed by atoms with E-state index >= 15 is 0 Å². The number of pyridine rings is 1. The van der Waals surface area contributed by atoms with E-state index < -0.39 is 17.5 Å². The number of benzene rings is 2. The second-order valence-electron chi connectivity index (χ2n) is 10.8. The normalized spacial score (nSPS) is 14.1. The first-order valence-corrected chi connectivity index (χ1v) is 14.4. The number of nitrogens with zero attached hydrogens (tertiary/aromatic N) is 3. The number of piperidine rings is 1. The second-order valence-corrected chi connectivity index (χ2v) is 10.8. The van der Waals surface area contributed by atoms with Crippen LogP contribution in [-0.4, -0.2) is 44.9 Å². The highest BCUT2D eigenvalue weighted by molar-refractivity contribution is 6.11. The van der Waals surface area contributed by atoms with E-state index in [4.69, 9.17) is 0 Å². The molecule has 7 nitrogen and oxygen atoms in total. The Morgan fingerprint density at radius 3 is 2.51 bits per heavy atom. The fourth-order valence-electron chi connectivity index (χ4n) is 5.44. The number of carbonyl (C=O) groups excluding carboxylic acids is 2. The van der Waals surface area contributed by atoms with Crippen molar-refractivity contribution in [3.8, 4) is 11.1 Å². The highest BCUT2D eigenvalue weighted by Crippen LogP contribution is 2.31. The first-order valence-electron chi connectivity index (χ1n) is 14.4. The van der Waals surface area contributed by atoms with Gasteiger partial charge in [0.2, 0.25) is 0 Å². The molecule has 0 saturated carbocycles. The first kappa shape index (κ1) is 28.5. The Morgan fingerprint density at radius 1 is 1.02 bits per heavy atom. The third-order valence-electron chi connectivity index (χ3n) is 7.97. The molecule has 2 aromatic carbocycles. The molecule has 0 unspecified atom stereocenters. The molecule has 2 aromatic heterocycles. The fourth-order valence-corrected chi connectivity index (χ4v) is 5.44. The largest absolute Gasteiger partial charge is 0.319 e. The molecule has 0 bridgehead atoms. The first-order chi connectivity index (χ1) is 19.9. The van der Waals surface area contributed by atoms with Crippen molar-refractivity contribution in [1.29, 1.82) is 0 Å². The molecule has 1 aliphatic rings. The van der Waals surface area contributed by atoms with Crippen LogP contribution in [0.25, 0.3) is 22.0 Å². The van der Waals surface area contributed by atoms with Crippen molar-refractivity contribution < 1.29 is 18.4 Å². The predicted molar refractivity (Wildman–Crippen MR) is 156 cm³/mol. The van der Waals surface area contributed by atoms with Crippen molar-refractivity contribution in [2.45, 2.75) is 58.9 Å². The van der Waals surface area contributed by atoms with Gasteiger partial charge in [-0.25, -0.2) is 8.78 Å². The molecular weight excluding hydrogens is 524 g/mol. The summed E-state index contributed by atoms with van der Waals surface area (Å²) < 4.78 is 29.7. The van der Waals surface area contributed by atoms with Gasteiger partial charge in [-0.2, -0.15) is 5.10 Å². The van der Waals surface area contributed by atoms with Crippen molar-refractivity contribution in [1.82, 2.24) is 20.1 Å². The number of ketones is 1. The summed E-state index contributed by atoms with van der Waals surface area (Å²) in [6.07, 6.45) is 7.16. The maximum Gasteiger partial charge on any atom is 0.276 e. The van der Waals surface area contributed by atoms with E-state index in [1.54, 1.807) is 36.4 Å². The number of amides is 1. The number of fused-ring (bicyclic) bond motifs is 1. The molecule has 1 amide bonds. The molecule has 9 heteroatoms. The minimum atomic E-state index is -0.925. The summed E-state index contributed by atoms with van der Waals surface area (Å²) in [6, 6.07) is 11.2. The summed E-state index contributed by atoms with van der Waals surface area (Å²) in [5.74, 6) is -2.01. The number of rotatable bonds is 10. The van der Waals surface area contributed by atoms with Gasteiger partial charge in [0, 0.05) is 23.9 Å². The zero-order valence-corrected chi connectivity index (χ0v) is 23.5. The molecular formula is C32H35F2N5O2. The average Bonchev–Trinajstić information content (AvgIpc) is 3.42. The Hall–Kier alpha value is -3.98. The van der Waals surface area contributed by atoms with Gasteiger partial charge in [0.1, 0.15) is 5.69 Å². The number of carbonyl (C=O) groups is 2. The zero-order chi connectivity index (χ0) is 28.9. The quantitative estimate of drug-likeness (QED) is 0.201. The number of Topliss-reactive ketones (excluding diaryl/α,β-unsaturated/α-hetero) is 1. The fraction of sp³-hybridized carbons (Fsp3) is 0.375. The van der Waals surface area contributed by atoms with Crippen LogP contribution < -0.4 is 5.32 Å². The lowest BCUT2D eigenvalue weighted by Gasteiger charge is -2.26. The van der Waals surface area contributed by atoms with E-state index in [-0.39, 0.29) is 17.0 Å². The van der Waals surface area contributed by atoms with Crippen LogP contribution in [-0.2, 0) is 6.54 Å². The second kappa shape index (κ2) is 12.7. The van der Waals surface area contributed by atoms with E-state index in [2.05, 4.69) is 39.2 Å². The molecule has 0 spiro atoms. The van der Waals surface area contributed by atoms with Gasteiger partial charge < -0.3 is 5.32 Å². The van der Waals surface area contributed by atoms with Crippen LogP contribution >= 0.6 is 0 Å². The van der Waals surface area contributed by atoms with Gasteiger partial charge >= 0.3 is 0 Å². The molecule has 0 aliphatic carbocycles. The monoisotopic (exact) mass is 559 g/mol. The number of aromatic amines is 1. The number of aromatic nitrogens is 3. The van der Waals surface area contributed by atoms with E-state index in [1.165, 1.54) is 18.7 Å². The summed E-state index contributed by atoms with van der Waals surface area (Å²) in [4.78, 5) is 32.2. The summed E-state index contributed by atoms with van der Waals surface area (Å²) in [5, 5.41) is 10.2. The van der Waals surface area contributed by atoms with Crippen LogP contribution in [0.15, 0.2) is 48.7 Å². The number of H-pyrrole nitrogens is 1. The number of hydrogen-bond acceptors (Lipinski definition) is 5. The maximum absolute atomic E-state index is 15.0. The summed E-state index contributed by atoms with van der Waals surface area (Å²) in [7, 11) is 0. The molecule has 1 aliphatic heterocycles. The lowest BCUT2D eigenvalue weighted by atomic mass is 9.96. The van der Waals surface area contributed by atoms with Crippen molar-refractivity contribution in [2.24, 2.45) is 5.92 Å². The molecule has 4 aromatic rings. The Labute approximate surface area is 238 Å². The van der Waals surface area contributed by atoms with Gasteiger partial charge in [-0.15, -0.1) is 0 Å². The van der Waals surface area contributed by atoms with Crippen LogP contribution in [0.4, 0.5) is 14.5 Å². The third-order valence-corrected chi connectivity index (χ3v) is 7.97. The Kier molecular flexibility index (Phi) is 8.83. The van der Waals surface area contributed by atoms with Gasteiger partial charge in [0.15, 0.2) is 23.1 Å². The van der Waals surface area contributed by atoms with Gasteiger partial charge in [-0.1, -0.05) is 39.2 Å². The van der Waals surface area contributed by atoms with Gasteiger partial charge in [-0.3, -0.25) is 24.6 Å². The van der Waals surface area contributed by atoms with Crippen LogP contribution in [0.1, 0.15) is 78.9 Å². The maximum atomic E-state index is 15.0. The summed E-state index contributed by atoms with van der Waals surface area (Å²) in [5.41, 5.74) is 2.78. The standard InChI is InChI=1S/C32H35F2N5O2/c1-3-20(4-2)16-29(40)28-11-9-23(18-35-28)36-32(41)31-25-17-22(8-10-27(25)37-38-31)24-14-21(15-26(33)30(24)34)19-39-12-6-5-7-13-39/h8-11,14-15,17-18,20H,3-7,12-13,16,19H2,1-2H3,(H,36,41)(H,37,38). The number of halogens is 2. The van der Waals surface area contributed by atoms with Gasteiger partial charge in [0.25, 0.3) is 5.91 Å². The van der Waals surface area contributed by atoms with Crippen LogP contribution in [0.2, 0.25) is 0 Å². The topological polar surface area (TPSA) is 91.0 Å². The van der Waals surface area contributed by atoms with E-state index in [1.807, 2.05) is 0 Å². The predicted octanol–water partition coefficient (Wildman–Crippen LogP) is 7.15. The van der Waals surface area contributed by atoms with Crippen molar-refractivity contribution in [3.63, 3.8) is 0 Å². The van der Waals surface area contributed by atoms with Crippen molar-refractivity contribution in [3.05, 3.63) is 77.2 Å². The number of hydrogen-bond donors (Lipinski definition) is 2. The third kappa shape index (κ3) is 6.51. The number of nitrogens with one attached hydrogen (secondary N) is 2. The van der Waals surface area contributed by atoms with Gasteiger partial charge in [-0.05, 0) is 79.4 Å². The van der Waals surface area contributed by atoms with Crippen molar-refractivity contribution in [2.75, 3.05) is 18.4 Å². The van der Waals surface area contributed by atoms with E-state index in [9.17, 15) is 18.4 Å². The van der Waals surface area contributed by atoms with Crippen LogP contribution in [0.3, 0.4) is 0 Å². The number of likely N-dealkylation sites (tertiary alicyclic amines) is 1. The highest BCUT2D eigenvalue weighted by atomic mass is 19.2. The van der Waals surface area contributed by atoms with Gasteiger partial charge in [0.05, 0.1) is 17.4 Å². The van der Waals surface area contributed by atoms with Crippen LogP contribution in [0, 0.1) is 17.6 Å². The molecule has 1 fully saturated rings. The average molecular weight is 560 g/mol. The molecule has 0 atom stereocenters. The van der Waals surface area contributed by atoms with Crippen LogP contribution in [0.5, 0.6) is 0 Å². The highest BCUT2D eigenvalue weighted by Gasteiger charge is 2.20. The molecule has 214 valence electrons. The lowest BCUT2D eigenvalue weighted by molar-refractivity contribution is 0.0953. The number of anilines is 1. The molecule has 0 radical (unpaired) electrons. The van der Waals surface area contributed by atoms with E-state index in [0.717, 1.165) is 38.8 Å². The summed E-state index contributed by atoms with van der Waals surface area (Å²) in [6.45, 7) is 6.58. The SMILES string of the molecule is CCC(CC)CC(=O)c1ccc(NC(=O)c2n[nH]c3ccc(-c4cc(CN5CCCCC5)cc(F)c4F)cc23)cn1. The minimum absolute atomic E-state index is 0.0222.